The predicted molar refractivity (Wildman–Crippen MR) is 57.1 cm³/mol. The smallest absolute Gasteiger partial charge is 0.262 e. The highest BCUT2D eigenvalue weighted by Crippen LogP contribution is 2.21. The Labute approximate surface area is 111 Å². The van der Waals surface area contributed by atoms with E-state index in [1.807, 2.05) is 31.5 Å². The lowest BCUT2D eigenvalue weighted by atomic mass is 10.1. The number of thioether (sulfide) groups is 1. The Morgan fingerprint density at radius 1 is 1.20 bits per heavy atom. The Morgan fingerprint density at radius 3 is 2.40 bits per heavy atom. The van der Waals surface area contributed by atoms with Crippen LogP contribution in [0.3, 0.4) is 0 Å². The maximum atomic E-state index is 5.50. The number of hydrogen-bond acceptors (Lipinski definition) is 2. The maximum absolute atomic E-state index is 5.50. The van der Waals surface area contributed by atoms with E-state index in [1.54, 1.807) is 16.5 Å². The first-order valence-electron chi connectivity index (χ1n) is 4.41. The van der Waals surface area contributed by atoms with Crippen LogP contribution in [0.15, 0.2) is 46.0 Å². The molecule has 0 saturated carbocycles. The van der Waals surface area contributed by atoms with Crippen LogP contribution in [-0.4, -0.2) is 6.26 Å². The molecule has 0 aliphatic heterocycles. The van der Waals surface area contributed by atoms with Gasteiger partial charge in [-0.15, -0.1) is 0 Å². The summed E-state index contributed by atoms with van der Waals surface area (Å²) in [6, 6.07) is 12.3. The molecule has 2 aromatic rings. The van der Waals surface area contributed by atoms with Gasteiger partial charge in [0.2, 0.25) is 5.09 Å². The molecule has 0 spiro atoms. The summed E-state index contributed by atoms with van der Waals surface area (Å²) in [4.78, 5) is 0. The van der Waals surface area contributed by atoms with Crippen LogP contribution >= 0.6 is 11.8 Å². The summed E-state index contributed by atoms with van der Waals surface area (Å²) in [7, 11) is 1.92. The molecule has 2 rings (SSSR count). The molecule has 0 N–H and O–H groups in total. The van der Waals surface area contributed by atoms with Gasteiger partial charge in [0.05, 0.1) is 11.6 Å². The van der Waals surface area contributed by atoms with E-state index in [9.17, 15) is 0 Å². The Morgan fingerprint density at radius 2 is 1.87 bits per heavy atom. The molecule has 1 aromatic carbocycles. The summed E-state index contributed by atoms with van der Waals surface area (Å²) in [6.45, 7) is 0. The van der Waals surface area contributed by atoms with Crippen molar-refractivity contribution >= 4 is 11.8 Å². The lowest BCUT2D eigenvalue weighted by molar-refractivity contribution is -0.841. The lowest BCUT2D eigenvalue weighted by Crippen LogP contribution is -3.00. The van der Waals surface area contributed by atoms with E-state index < -0.39 is 0 Å². The number of benzene rings is 1. The quantitative estimate of drug-likeness (QED) is 0.419. The molecule has 0 radical (unpaired) electrons. The minimum absolute atomic E-state index is 0. The highest BCUT2D eigenvalue weighted by atomic mass is 127. The summed E-state index contributed by atoms with van der Waals surface area (Å²) in [5.41, 5.74) is 2.29. The van der Waals surface area contributed by atoms with Gasteiger partial charge in [-0.05, 0) is 23.1 Å². The third-order valence-corrected chi connectivity index (χ3v) is 2.69. The second-order valence-electron chi connectivity index (χ2n) is 3.01. The summed E-state index contributed by atoms with van der Waals surface area (Å²) in [5, 5.41) is 0.936. The first-order chi connectivity index (χ1) is 6.81. The van der Waals surface area contributed by atoms with Gasteiger partial charge in [-0.1, -0.05) is 30.0 Å². The zero-order valence-corrected chi connectivity index (χ0v) is 11.6. The van der Waals surface area contributed by atoms with Crippen LogP contribution in [0.1, 0.15) is 0 Å². The van der Waals surface area contributed by atoms with Gasteiger partial charge in [-0.2, -0.15) is 0 Å². The molecule has 0 fully saturated rings. The molecule has 15 heavy (non-hydrogen) atoms. The van der Waals surface area contributed by atoms with Crippen molar-refractivity contribution in [2.75, 3.05) is 6.26 Å². The third kappa shape index (κ3) is 2.75. The molecule has 0 aliphatic rings. The Bertz CT molecular complexity index is 427. The lowest BCUT2D eigenvalue weighted by Gasteiger charge is -1.89. The molecule has 0 aliphatic carbocycles. The Kier molecular flexibility index (Phi) is 4.66. The first-order valence-corrected chi connectivity index (χ1v) is 5.63. The van der Waals surface area contributed by atoms with Crippen LogP contribution in [0.5, 0.6) is 0 Å². The normalized spacial score (nSPS) is 9.73. The van der Waals surface area contributed by atoms with Crippen molar-refractivity contribution in [2.24, 2.45) is 7.05 Å². The SMILES string of the molecule is CSc1cc(-c2ccccc2)[n+](C)o1.[I-]. The van der Waals surface area contributed by atoms with Crippen molar-refractivity contribution in [3.05, 3.63) is 36.4 Å². The van der Waals surface area contributed by atoms with Crippen LogP contribution in [0.2, 0.25) is 0 Å². The molecule has 0 atom stereocenters. The van der Waals surface area contributed by atoms with Gasteiger partial charge in [0.15, 0.2) is 7.05 Å². The van der Waals surface area contributed by atoms with E-state index in [-0.39, 0.29) is 24.0 Å². The second-order valence-corrected chi connectivity index (χ2v) is 3.82. The highest BCUT2D eigenvalue weighted by molar-refractivity contribution is 7.98. The van der Waals surface area contributed by atoms with E-state index in [0.29, 0.717) is 0 Å². The summed E-state index contributed by atoms with van der Waals surface area (Å²) in [6.07, 6.45) is 2.01. The number of aromatic nitrogens is 1. The Balaban J connectivity index is 0.00000112. The highest BCUT2D eigenvalue weighted by Gasteiger charge is 2.16. The van der Waals surface area contributed by atoms with Crippen molar-refractivity contribution < 1.29 is 33.2 Å². The minimum atomic E-state index is 0. The molecule has 0 amide bonds. The van der Waals surface area contributed by atoms with Crippen LogP contribution in [-0.2, 0) is 7.05 Å². The molecule has 80 valence electrons. The fourth-order valence-electron chi connectivity index (χ4n) is 1.38. The molecule has 0 saturated heterocycles. The van der Waals surface area contributed by atoms with Crippen molar-refractivity contribution in [3.8, 4) is 11.3 Å². The van der Waals surface area contributed by atoms with E-state index in [0.717, 1.165) is 10.8 Å². The zero-order chi connectivity index (χ0) is 9.97. The molecule has 0 unspecified atom stereocenters. The van der Waals surface area contributed by atoms with Crippen LogP contribution in [0, 0.1) is 0 Å². The van der Waals surface area contributed by atoms with Crippen molar-refractivity contribution in [1.82, 2.24) is 0 Å². The standard InChI is InChI=1S/C11H12NOS.HI/c1-12-10(8-11(13-12)14-2)9-6-4-3-5-7-9;/h3-8H,1-2H3;1H/q+1;/p-1. The zero-order valence-electron chi connectivity index (χ0n) is 8.61. The Hall–Kier alpha value is -0.490. The largest absolute Gasteiger partial charge is 1.00 e. The third-order valence-electron chi connectivity index (χ3n) is 2.09. The minimum Gasteiger partial charge on any atom is -1.00 e. The molecule has 4 heteroatoms. The average molecular weight is 333 g/mol. The van der Waals surface area contributed by atoms with Gasteiger partial charge >= 0.3 is 0 Å². The summed E-state index contributed by atoms with van der Waals surface area (Å²) < 4.78 is 7.29. The molecule has 1 aromatic heterocycles. The van der Waals surface area contributed by atoms with E-state index in [1.165, 1.54) is 5.56 Å². The van der Waals surface area contributed by atoms with Gasteiger partial charge < -0.3 is 24.0 Å². The molecular weight excluding hydrogens is 321 g/mol. The molecule has 0 bridgehead atoms. The molecule has 1 heterocycles. The number of hydrogen-bond donors (Lipinski definition) is 0. The predicted octanol–water partition coefficient (Wildman–Crippen LogP) is -0.503. The van der Waals surface area contributed by atoms with Gasteiger partial charge in [0.25, 0.3) is 5.69 Å². The molecule has 2 nitrogen and oxygen atoms in total. The van der Waals surface area contributed by atoms with Crippen LogP contribution in [0.25, 0.3) is 11.3 Å². The fourth-order valence-corrected chi connectivity index (χ4v) is 1.80. The van der Waals surface area contributed by atoms with Crippen molar-refractivity contribution in [1.29, 1.82) is 0 Å². The van der Waals surface area contributed by atoms with Gasteiger partial charge in [0.1, 0.15) is 0 Å². The van der Waals surface area contributed by atoms with Crippen molar-refractivity contribution in [2.45, 2.75) is 5.09 Å². The second kappa shape index (κ2) is 5.55. The fraction of sp³-hybridized carbons (Fsp3) is 0.182. The topological polar surface area (TPSA) is 17.0 Å². The van der Waals surface area contributed by atoms with Gasteiger partial charge in [0, 0.05) is 0 Å². The first kappa shape index (κ1) is 12.6. The summed E-state index contributed by atoms with van der Waals surface area (Å²) >= 11 is 1.61. The number of nitrogens with zero attached hydrogens (tertiary/aromatic N) is 1. The van der Waals surface area contributed by atoms with Crippen LogP contribution < -0.4 is 28.7 Å². The average Bonchev–Trinajstić information content (AvgIpc) is 2.61. The van der Waals surface area contributed by atoms with Crippen LogP contribution in [0.4, 0.5) is 0 Å². The van der Waals surface area contributed by atoms with Gasteiger partial charge in [-0.25, -0.2) is 4.52 Å². The van der Waals surface area contributed by atoms with Crippen molar-refractivity contribution in [3.63, 3.8) is 0 Å². The molecular formula is C11H12INOS. The van der Waals surface area contributed by atoms with E-state index in [2.05, 4.69) is 18.2 Å². The van der Waals surface area contributed by atoms with E-state index in [4.69, 9.17) is 4.52 Å². The number of halogens is 1. The number of aryl methyl sites for hydroxylation is 1. The van der Waals surface area contributed by atoms with E-state index >= 15 is 0 Å². The monoisotopic (exact) mass is 333 g/mol. The summed E-state index contributed by atoms with van der Waals surface area (Å²) in [5.74, 6) is 0. The van der Waals surface area contributed by atoms with Gasteiger partial charge in [-0.3, -0.25) is 0 Å². The maximum Gasteiger partial charge on any atom is 0.262 e. The number of rotatable bonds is 2.